The number of oxazole rings is 1. The minimum absolute atomic E-state index is 0.629. The van der Waals surface area contributed by atoms with E-state index in [0.717, 1.165) is 77.6 Å². The van der Waals surface area contributed by atoms with Crippen molar-refractivity contribution in [3.05, 3.63) is 158 Å². The molecular formula is C41H26N2O2. The molecule has 2 aromatic heterocycles. The topological polar surface area (TPSA) is 42.4 Å². The van der Waals surface area contributed by atoms with Crippen LogP contribution < -0.4 is 4.90 Å². The van der Waals surface area contributed by atoms with Crippen LogP contribution in [0.2, 0.25) is 0 Å². The van der Waals surface area contributed by atoms with Gasteiger partial charge in [0.05, 0.1) is 0 Å². The molecule has 45 heavy (non-hydrogen) atoms. The van der Waals surface area contributed by atoms with Crippen molar-refractivity contribution in [3.8, 4) is 22.6 Å². The van der Waals surface area contributed by atoms with Crippen LogP contribution in [0.3, 0.4) is 0 Å². The summed E-state index contributed by atoms with van der Waals surface area (Å²) in [5.74, 6) is 0.629. The van der Waals surface area contributed by atoms with Gasteiger partial charge in [0.15, 0.2) is 5.58 Å². The Bertz CT molecular complexity index is 2480. The fourth-order valence-corrected chi connectivity index (χ4v) is 6.37. The van der Waals surface area contributed by atoms with E-state index in [9.17, 15) is 0 Å². The monoisotopic (exact) mass is 578 g/mol. The number of anilines is 3. The van der Waals surface area contributed by atoms with E-state index in [1.54, 1.807) is 0 Å². The molecule has 0 fully saturated rings. The standard InChI is InChI=1S/C41H26N2O2/c1-3-10-29(11-4-1)41-42-36-24-20-28-12-9-16-33(39(28)40(36)45-41)27-18-21-31(22-19-27)43(30-13-5-2-6-14-30)32-23-25-38-35(26-32)34-15-7-8-17-37(34)44-38/h1-26H. The Labute approximate surface area is 259 Å². The first-order valence-electron chi connectivity index (χ1n) is 15.0. The van der Waals surface area contributed by atoms with Gasteiger partial charge in [-0.25, -0.2) is 4.98 Å². The van der Waals surface area contributed by atoms with E-state index in [2.05, 4.69) is 108 Å². The molecule has 0 bridgehead atoms. The smallest absolute Gasteiger partial charge is 0.227 e. The van der Waals surface area contributed by atoms with Crippen LogP contribution in [0.25, 0.3) is 66.4 Å². The molecule has 4 nitrogen and oxygen atoms in total. The number of hydrogen-bond donors (Lipinski definition) is 0. The van der Waals surface area contributed by atoms with Crippen molar-refractivity contribution in [3.63, 3.8) is 0 Å². The predicted molar refractivity (Wildman–Crippen MR) is 184 cm³/mol. The molecule has 0 saturated heterocycles. The number of aromatic nitrogens is 1. The van der Waals surface area contributed by atoms with Crippen LogP contribution in [0.1, 0.15) is 0 Å². The molecule has 0 unspecified atom stereocenters. The Morgan fingerprint density at radius 3 is 2.02 bits per heavy atom. The van der Waals surface area contributed by atoms with Gasteiger partial charge in [-0.3, -0.25) is 0 Å². The number of hydrogen-bond acceptors (Lipinski definition) is 4. The van der Waals surface area contributed by atoms with Crippen molar-refractivity contribution in [2.75, 3.05) is 4.90 Å². The molecule has 0 aliphatic carbocycles. The number of nitrogens with zero attached hydrogens (tertiary/aromatic N) is 2. The molecule has 0 spiro atoms. The number of rotatable bonds is 5. The van der Waals surface area contributed by atoms with Crippen molar-refractivity contribution in [1.82, 2.24) is 4.98 Å². The molecule has 9 aromatic rings. The summed E-state index contributed by atoms with van der Waals surface area (Å²) in [6.07, 6.45) is 0. The Morgan fingerprint density at radius 2 is 1.18 bits per heavy atom. The van der Waals surface area contributed by atoms with Crippen LogP contribution in [0.5, 0.6) is 0 Å². The fourth-order valence-electron chi connectivity index (χ4n) is 6.37. The molecule has 9 rings (SSSR count). The van der Waals surface area contributed by atoms with Gasteiger partial charge in [0.1, 0.15) is 16.7 Å². The molecule has 7 aromatic carbocycles. The maximum Gasteiger partial charge on any atom is 0.227 e. The van der Waals surface area contributed by atoms with Crippen LogP contribution in [-0.2, 0) is 0 Å². The average Bonchev–Trinajstić information content (AvgIpc) is 3.71. The molecule has 0 amide bonds. The highest BCUT2D eigenvalue weighted by molar-refractivity contribution is 6.11. The van der Waals surface area contributed by atoms with Crippen molar-refractivity contribution in [2.24, 2.45) is 0 Å². The number of para-hydroxylation sites is 2. The Hall–Kier alpha value is -6.13. The Balaban J connectivity index is 1.17. The van der Waals surface area contributed by atoms with E-state index in [-0.39, 0.29) is 0 Å². The predicted octanol–water partition coefficient (Wildman–Crippen LogP) is 11.7. The van der Waals surface area contributed by atoms with Crippen molar-refractivity contribution in [1.29, 1.82) is 0 Å². The quantitative estimate of drug-likeness (QED) is 0.204. The lowest BCUT2D eigenvalue weighted by Gasteiger charge is -2.25. The lowest BCUT2D eigenvalue weighted by atomic mass is 9.97. The van der Waals surface area contributed by atoms with Crippen LogP contribution >= 0.6 is 0 Å². The number of benzene rings is 7. The van der Waals surface area contributed by atoms with Gasteiger partial charge in [-0.15, -0.1) is 0 Å². The van der Waals surface area contributed by atoms with E-state index >= 15 is 0 Å². The van der Waals surface area contributed by atoms with Crippen molar-refractivity contribution < 1.29 is 8.83 Å². The normalized spacial score (nSPS) is 11.6. The summed E-state index contributed by atoms with van der Waals surface area (Å²) in [5.41, 5.74) is 9.83. The molecule has 0 N–H and O–H groups in total. The van der Waals surface area contributed by atoms with Gasteiger partial charge in [0.25, 0.3) is 0 Å². The Morgan fingerprint density at radius 1 is 0.467 bits per heavy atom. The zero-order valence-corrected chi connectivity index (χ0v) is 24.2. The third kappa shape index (κ3) is 4.27. The van der Waals surface area contributed by atoms with Crippen molar-refractivity contribution in [2.45, 2.75) is 0 Å². The highest BCUT2D eigenvalue weighted by Gasteiger charge is 2.17. The second kappa shape index (κ2) is 10.2. The zero-order chi connectivity index (χ0) is 29.7. The number of fused-ring (bicyclic) bond motifs is 6. The minimum Gasteiger partial charge on any atom is -0.456 e. The number of furan rings is 1. The summed E-state index contributed by atoms with van der Waals surface area (Å²) in [4.78, 5) is 7.12. The van der Waals surface area contributed by atoms with Crippen LogP contribution in [0, 0.1) is 0 Å². The second-order valence-electron chi connectivity index (χ2n) is 11.2. The third-order valence-corrected chi connectivity index (χ3v) is 8.49. The first kappa shape index (κ1) is 25.4. The summed E-state index contributed by atoms with van der Waals surface area (Å²) in [5, 5.41) is 4.39. The Kier molecular flexibility index (Phi) is 5.78. The lowest BCUT2D eigenvalue weighted by Crippen LogP contribution is -2.09. The van der Waals surface area contributed by atoms with Gasteiger partial charge in [-0.1, -0.05) is 91.0 Å². The molecule has 2 heterocycles. The van der Waals surface area contributed by atoms with Gasteiger partial charge in [-0.2, -0.15) is 0 Å². The molecule has 0 radical (unpaired) electrons. The summed E-state index contributed by atoms with van der Waals surface area (Å²) < 4.78 is 12.6. The van der Waals surface area contributed by atoms with Crippen molar-refractivity contribution >= 4 is 60.9 Å². The van der Waals surface area contributed by atoms with Gasteiger partial charge >= 0.3 is 0 Å². The summed E-state index contributed by atoms with van der Waals surface area (Å²) in [6.45, 7) is 0. The van der Waals surface area contributed by atoms with Gasteiger partial charge < -0.3 is 13.7 Å². The van der Waals surface area contributed by atoms with Gasteiger partial charge in [0.2, 0.25) is 5.89 Å². The maximum absolute atomic E-state index is 6.44. The van der Waals surface area contributed by atoms with E-state index < -0.39 is 0 Å². The second-order valence-corrected chi connectivity index (χ2v) is 11.2. The largest absolute Gasteiger partial charge is 0.456 e. The first-order chi connectivity index (χ1) is 22.3. The fraction of sp³-hybridized carbons (Fsp3) is 0. The summed E-state index contributed by atoms with van der Waals surface area (Å²) in [6, 6.07) is 54.5. The maximum atomic E-state index is 6.44. The van der Waals surface area contributed by atoms with Gasteiger partial charge in [-0.05, 0) is 83.2 Å². The van der Waals surface area contributed by atoms with E-state index in [0.29, 0.717) is 5.89 Å². The molecule has 4 heteroatoms. The van der Waals surface area contributed by atoms with E-state index in [4.69, 9.17) is 13.8 Å². The SMILES string of the molecule is c1ccc(-c2nc3ccc4cccc(-c5ccc(N(c6ccccc6)c6ccc7oc8ccccc8c7c6)cc5)c4c3o2)cc1. The van der Waals surface area contributed by atoms with E-state index in [1.165, 1.54) is 0 Å². The zero-order valence-electron chi connectivity index (χ0n) is 24.2. The van der Waals surface area contributed by atoms with Gasteiger partial charge in [0, 0.05) is 38.8 Å². The molecule has 212 valence electrons. The van der Waals surface area contributed by atoms with Crippen LogP contribution in [0.4, 0.5) is 17.1 Å². The van der Waals surface area contributed by atoms with Crippen LogP contribution in [-0.4, -0.2) is 4.98 Å². The molecule has 0 aliphatic heterocycles. The lowest BCUT2D eigenvalue weighted by molar-refractivity contribution is 0.623. The third-order valence-electron chi connectivity index (χ3n) is 8.49. The molecule has 0 atom stereocenters. The highest BCUT2D eigenvalue weighted by atomic mass is 16.3. The summed E-state index contributed by atoms with van der Waals surface area (Å²) >= 11 is 0. The average molecular weight is 579 g/mol. The van der Waals surface area contributed by atoms with Crippen LogP contribution in [0.15, 0.2) is 167 Å². The summed E-state index contributed by atoms with van der Waals surface area (Å²) in [7, 11) is 0. The molecular weight excluding hydrogens is 552 g/mol. The van der Waals surface area contributed by atoms with E-state index in [1.807, 2.05) is 54.6 Å². The first-order valence-corrected chi connectivity index (χ1v) is 15.0. The minimum atomic E-state index is 0.629. The highest BCUT2D eigenvalue weighted by Crippen LogP contribution is 2.41. The molecule has 0 aliphatic rings. The molecule has 0 saturated carbocycles.